The molecule has 1 atom stereocenters. The first-order valence-corrected chi connectivity index (χ1v) is 8.94. The molecular formula is C18H20N2OS. The average Bonchev–Trinajstić information content (AvgIpc) is 2.91. The number of thioether (sulfide) groups is 1. The summed E-state index contributed by atoms with van der Waals surface area (Å²) in [6.45, 7) is 0.789. The summed E-state index contributed by atoms with van der Waals surface area (Å²) in [5, 5.41) is 0. The highest BCUT2D eigenvalue weighted by Gasteiger charge is 2.30. The number of carbonyl (C=O) groups excluding carboxylic acids is 1. The summed E-state index contributed by atoms with van der Waals surface area (Å²) in [6, 6.07) is 14.2. The van der Waals surface area contributed by atoms with Gasteiger partial charge in [0.15, 0.2) is 0 Å². The summed E-state index contributed by atoms with van der Waals surface area (Å²) >= 11 is 1.80. The van der Waals surface area contributed by atoms with Gasteiger partial charge in [-0.3, -0.25) is 9.78 Å². The van der Waals surface area contributed by atoms with E-state index in [1.54, 1.807) is 11.8 Å². The first-order chi connectivity index (χ1) is 10.8. The Hall–Kier alpha value is -1.81. The number of amides is 1. The molecule has 1 saturated heterocycles. The van der Waals surface area contributed by atoms with Crippen LogP contribution in [0, 0.1) is 5.92 Å². The third kappa shape index (κ3) is 3.50. The fourth-order valence-corrected chi connectivity index (χ4v) is 3.40. The predicted octanol–water partition coefficient (Wildman–Crippen LogP) is 3.54. The molecular weight excluding hydrogens is 292 g/mol. The van der Waals surface area contributed by atoms with E-state index >= 15 is 0 Å². The van der Waals surface area contributed by atoms with Crippen LogP contribution in [0.2, 0.25) is 0 Å². The lowest BCUT2D eigenvalue weighted by Gasteiger charge is -2.16. The van der Waals surface area contributed by atoms with Crippen molar-refractivity contribution in [1.29, 1.82) is 0 Å². The van der Waals surface area contributed by atoms with Gasteiger partial charge in [-0.15, -0.1) is 0 Å². The van der Waals surface area contributed by atoms with Crippen LogP contribution in [0.25, 0.3) is 0 Å². The van der Waals surface area contributed by atoms with Crippen LogP contribution in [0.15, 0.2) is 48.7 Å². The van der Waals surface area contributed by atoms with Crippen LogP contribution in [-0.2, 0) is 17.0 Å². The van der Waals surface area contributed by atoms with Crippen molar-refractivity contribution in [2.24, 2.45) is 5.92 Å². The van der Waals surface area contributed by atoms with Gasteiger partial charge in [-0.2, -0.15) is 11.8 Å². The largest absolute Gasteiger partial charge is 0.312 e. The van der Waals surface area contributed by atoms with E-state index in [-0.39, 0.29) is 5.91 Å². The van der Waals surface area contributed by atoms with Crippen LogP contribution in [0.4, 0.5) is 5.69 Å². The monoisotopic (exact) mass is 312 g/mol. The zero-order valence-corrected chi connectivity index (χ0v) is 13.6. The predicted molar refractivity (Wildman–Crippen MR) is 92.1 cm³/mol. The lowest BCUT2D eigenvalue weighted by atomic mass is 10.0. The van der Waals surface area contributed by atoms with E-state index in [4.69, 9.17) is 0 Å². The Morgan fingerprint density at radius 1 is 1.23 bits per heavy atom. The molecule has 0 radical (unpaired) electrons. The average molecular weight is 312 g/mol. The number of para-hydroxylation sites is 1. The minimum Gasteiger partial charge on any atom is -0.312 e. The van der Waals surface area contributed by atoms with Crippen LogP contribution in [0.1, 0.15) is 17.7 Å². The molecule has 0 saturated carbocycles. The fourth-order valence-electron chi connectivity index (χ4n) is 2.90. The first kappa shape index (κ1) is 15.1. The third-order valence-electron chi connectivity index (χ3n) is 3.97. The summed E-state index contributed by atoms with van der Waals surface area (Å²) in [5.74, 6) is 1.57. The normalized spacial score (nSPS) is 18.0. The van der Waals surface area contributed by atoms with E-state index < -0.39 is 0 Å². The van der Waals surface area contributed by atoms with Crippen LogP contribution in [0.5, 0.6) is 0 Å². The lowest BCUT2D eigenvalue weighted by molar-refractivity contribution is -0.117. The maximum atomic E-state index is 12.2. The highest BCUT2D eigenvalue weighted by atomic mass is 32.2. The minimum absolute atomic E-state index is 0.218. The molecule has 1 amide bonds. The van der Waals surface area contributed by atoms with Gasteiger partial charge in [0.1, 0.15) is 0 Å². The van der Waals surface area contributed by atoms with Crippen LogP contribution in [0.3, 0.4) is 0 Å². The van der Waals surface area contributed by atoms with E-state index in [2.05, 4.69) is 23.4 Å². The van der Waals surface area contributed by atoms with Crippen molar-refractivity contribution < 1.29 is 4.79 Å². The van der Waals surface area contributed by atoms with Gasteiger partial charge in [-0.1, -0.05) is 24.3 Å². The molecule has 114 valence electrons. The van der Waals surface area contributed by atoms with Gasteiger partial charge in [-0.25, -0.2) is 0 Å². The maximum Gasteiger partial charge on any atom is 0.227 e. The van der Waals surface area contributed by atoms with Gasteiger partial charge in [0.05, 0.1) is 0 Å². The van der Waals surface area contributed by atoms with Gasteiger partial charge in [0.2, 0.25) is 5.91 Å². The molecule has 1 aromatic carbocycles. The number of anilines is 1. The SMILES string of the molecule is CSCc1ccc(C[C@H]2CC(=O)N(c3ccccc3)C2)nc1. The summed E-state index contributed by atoms with van der Waals surface area (Å²) in [7, 11) is 0. The second kappa shape index (κ2) is 6.97. The Morgan fingerprint density at radius 2 is 2.05 bits per heavy atom. The second-order valence-electron chi connectivity index (χ2n) is 5.70. The van der Waals surface area contributed by atoms with Crippen molar-refractivity contribution in [2.75, 3.05) is 17.7 Å². The number of hydrogen-bond acceptors (Lipinski definition) is 3. The molecule has 1 aliphatic heterocycles. The van der Waals surface area contributed by atoms with Gasteiger partial charge in [0, 0.05) is 36.3 Å². The van der Waals surface area contributed by atoms with E-state index in [0.29, 0.717) is 12.3 Å². The Morgan fingerprint density at radius 3 is 2.73 bits per heavy atom. The summed E-state index contributed by atoms with van der Waals surface area (Å²) in [6.07, 6.45) is 5.53. The minimum atomic E-state index is 0.218. The number of rotatable bonds is 5. The van der Waals surface area contributed by atoms with Crippen molar-refractivity contribution in [3.63, 3.8) is 0 Å². The molecule has 0 bridgehead atoms. The van der Waals surface area contributed by atoms with Gasteiger partial charge >= 0.3 is 0 Å². The van der Waals surface area contributed by atoms with Gasteiger partial charge in [-0.05, 0) is 42.4 Å². The van der Waals surface area contributed by atoms with E-state index in [1.165, 1.54) is 5.56 Å². The van der Waals surface area contributed by atoms with Gasteiger partial charge < -0.3 is 4.90 Å². The smallest absolute Gasteiger partial charge is 0.227 e. The quantitative estimate of drug-likeness (QED) is 0.846. The van der Waals surface area contributed by atoms with Crippen molar-refractivity contribution in [3.05, 3.63) is 59.9 Å². The third-order valence-corrected chi connectivity index (χ3v) is 4.59. The molecule has 0 N–H and O–H groups in total. The molecule has 22 heavy (non-hydrogen) atoms. The molecule has 1 fully saturated rings. The second-order valence-corrected chi connectivity index (χ2v) is 6.57. The van der Waals surface area contributed by atoms with Crippen molar-refractivity contribution >= 4 is 23.4 Å². The molecule has 1 aromatic heterocycles. The number of benzene rings is 1. The molecule has 1 aliphatic rings. The molecule has 2 heterocycles. The Balaban J connectivity index is 1.63. The zero-order chi connectivity index (χ0) is 15.4. The summed E-state index contributed by atoms with van der Waals surface area (Å²) < 4.78 is 0. The lowest BCUT2D eigenvalue weighted by Crippen LogP contribution is -2.24. The summed E-state index contributed by atoms with van der Waals surface area (Å²) in [4.78, 5) is 18.7. The van der Waals surface area contributed by atoms with Crippen LogP contribution >= 0.6 is 11.8 Å². The first-order valence-electron chi connectivity index (χ1n) is 7.54. The van der Waals surface area contributed by atoms with Crippen molar-refractivity contribution in [1.82, 2.24) is 4.98 Å². The number of hydrogen-bond donors (Lipinski definition) is 0. The molecule has 2 aromatic rings. The van der Waals surface area contributed by atoms with E-state index in [9.17, 15) is 4.79 Å². The number of pyridine rings is 1. The molecule has 0 spiro atoms. The highest BCUT2D eigenvalue weighted by Crippen LogP contribution is 2.26. The molecule has 3 rings (SSSR count). The number of carbonyl (C=O) groups is 1. The van der Waals surface area contributed by atoms with Crippen LogP contribution in [-0.4, -0.2) is 23.7 Å². The Kier molecular flexibility index (Phi) is 4.78. The molecule has 0 unspecified atom stereocenters. The fraction of sp³-hybridized carbons (Fsp3) is 0.333. The standard InChI is InChI=1S/C18H20N2OS/c1-22-13-14-7-8-16(19-11-14)9-15-10-18(21)20(12-15)17-5-3-2-4-6-17/h2-8,11,15H,9-10,12-13H2,1H3/t15-/m0/s1. The molecule has 0 aliphatic carbocycles. The van der Waals surface area contributed by atoms with E-state index in [1.807, 2.05) is 41.4 Å². The molecule has 3 nitrogen and oxygen atoms in total. The van der Waals surface area contributed by atoms with Gasteiger partial charge in [0.25, 0.3) is 0 Å². The van der Waals surface area contributed by atoms with Crippen molar-refractivity contribution in [3.8, 4) is 0 Å². The molecule has 4 heteroatoms. The topological polar surface area (TPSA) is 33.2 Å². The highest BCUT2D eigenvalue weighted by molar-refractivity contribution is 7.97. The Bertz CT molecular complexity index is 627. The Labute approximate surface area is 135 Å². The van der Waals surface area contributed by atoms with E-state index in [0.717, 1.165) is 30.1 Å². The van der Waals surface area contributed by atoms with Crippen LogP contribution < -0.4 is 4.90 Å². The summed E-state index contributed by atoms with van der Waals surface area (Å²) in [5.41, 5.74) is 3.33. The van der Waals surface area contributed by atoms with Crippen molar-refractivity contribution in [2.45, 2.75) is 18.6 Å². The number of aromatic nitrogens is 1. The zero-order valence-electron chi connectivity index (χ0n) is 12.7. The number of nitrogens with zero attached hydrogens (tertiary/aromatic N) is 2. The maximum absolute atomic E-state index is 12.2.